The lowest BCUT2D eigenvalue weighted by Gasteiger charge is -2.25. The molecule has 2 aliphatic rings. The number of hydrogen-bond donors (Lipinski definition) is 1. The van der Waals surface area contributed by atoms with Crippen LogP contribution in [0.1, 0.15) is 75.3 Å². The van der Waals surface area contributed by atoms with E-state index in [2.05, 4.69) is 40.5 Å². The molecule has 2 heterocycles. The van der Waals surface area contributed by atoms with Crippen molar-refractivity contribution in [3.8, 4) is 0 Å². The number of aromatic nitrogens is 3. The number of amides is 1. The summed E-state index contributed by atoms with van der Waals surface area (Å²) in [6, 6.07) is 0.0765. The maximum absolute atomic E-state index is 13.1. The van der Waals surface area contributed by atoms with Crippen LogP contribution in [0.25, 0.3) is 0 Å². The van der Waals surface area contributed by atoms with Crippen molar-refractivity contribution in [3.63, 3.8) is 0 Å². The van der Waals surface area contributed by atoms with Crippen LogP contribution in [-0.4, -0.2) is 64.1 Å². The Morgan fingerprint density at radius 3 is 2.62 bits per heavy atom. The summed E-state index contributed by atoms with van der Waals surface area (Å²) < 4.78 is 6.41. The molecule has 1 saturated carbocycles. The molecule has 8 heteroatoms. The molecule has 1 N–H and O–H groups in total. The summed E-state index contributed by atoms with van der Waals surface area (Å²) >= 11 is 0. The lowest BCUT2D eigenvalue weighted by atomic mass is 10.1. The van der Waals surface area contributed by atoms with Gasteiger partial charge in [-0.05, 0) is 33.1 Å². The van der Waals surface area contributed by atoms with Gasteiger partial charge in [-0.3, -0.25) is 9.69 Å². The SMILES string of the molecule is COC(=O)c1cn([C@H]2C[C@@H](C(=O)NC3CCCCCC3)N(CC=C(C)C)C2)nn1. The molecule has 0 unspecified atom stereocenters. The number of likely N-dealkylation sites (tertiary alicyclic amines) is 1. The Balaban J connectivity index is 1.70. The molecule has 2 fully saturated rings. The average molecular weight is 404 g/mol. The molecule has 0 spiro atoms. The summed E-state index contributed by atoms with van der Waals surface area (Å²) in [5, 5.41) is 11.3. The molecule has 3 rings (SSSR count). The average Bonchev–Trinajstić information content (AvgIpc) is 3.28. The smallest absolute Gasteiger partial charge is 0.360 e. The van der Waals surface area contributed by atoms with Crippen LogP contribution in [-0.2, 0) is 9.53 Å². The van der Waals surface area contributed by atoms with Crippen LogP contribution in [0.5, 0.6) is 0 Å². The van der Waals surface area contributed by atoms with Crippen molar-refractivity contribution in [2.24, 2.45) is 0 Å². The van der Waals surface area contributed by atoms with Crippen molar-refractivity contribution in [1.29, 1.82) is 0 Å². The van der Waals surface area contributed by atoms with Gasteiger partial charge in [0.05, 0.1) is 25.4 Å². The van der Waals surface area contributed by atoms with Crippen molar-refractivity contribution in [3.05, 3.63) is 23.5 Å². The van der Waals surface area contributed by atoms with Crippen LogP contribution < -0.4 is 5.32 Å². The Morgan fingerprint density at radius 1 is 1.24 bits per heavy atom. The highest BCUT2D eigenvalue weighted by Gasteiger charge is 2.38. The lowest BCUT2D eigenvalue weighted by molar-refractivity contribution is -0.126. The molecule has 1 aromatic heterocycles. The number of ether oxygens (including phenoxy) is 1. The first kappa shape index (κ1) is 21.5. The molecule has 29 heavy (non-hydrogen) atoms. The van der Waals surface area contributed by atoms with Crippen LogP contribution in [0.4, 0.5) is 0 Å². The van der Waals surface area contributed by atoms with E-state index >= 15 is 0 Å². The van der Waals surface area contributed by atoms with Crippen LogP contribution in [0.15, 0.2) is 17.8 Å². The van der Waals surface area contributed by atoms with Crippen molar-refractivity contribution in [1.82, 2.24) is 25.2 Å². The number of nitrogens with one attached hydrogen (secondary N) is 1. The predicted octanol–water partition coefficient (Wildman–Crippen LogP) is 2.49. The molecule has 2 atom stereocenters. The molecule has 1 aromatic rings. The van der Waals surface area contributed by atoms with Gasteiger partial charge in [0.1, 0.15) is 0 Å². The number of esters is 1. The van der Waals surface area contributed by atoms with Crippen molar-refractivity contribution in [2.45, 2.75) is 76.9 Å². The number of methoxy groups -OCH3 is 1. The van der Waals surface area contributed by atoms with E-state index in [0.29, 0.717) is 13.0 Å². The van der Waals surface area contributed by atoms with E-state index in [9.17, 15) is 9.59 Å². The highest BCUT2D eigenvalue weighted by molar-refractivity contribution is 5.86. The van der Waals surface area contributed by atoms with Crippen LogP contribution in [0.3, 0.4) is 0 Å². The molecular formula is C21H33N5O3. The molecule has 0 radical (unpaired) electrons. The summed E-state index contributed by atoms with van der Waals surface area (Å²) in [6.45, 7) is 5.54. The lowest BCUT2D eigenvalue weighted by Crippen LogP contribution is -2.46. The molecule has 1 aliphatic carbocycles. The van der Waals surface area contributed by atoms with Gasteiger partial charge in [-0.15, -0.1) is 5.10 Å². The van der Waals surface area contributed by atoms with Gasteiger partial charge in [0.2, 0.25) is 5.91 Å². The maximum Gasteiger partial charge on any atom is 0.360 e. The first-order valence-electron chi connectivity index (χ1n) is 10.7. The minimum atomic E-state index is -0.502. The molecule has 1 saturated heterocycles. The van der Waals surface area contributed by atoms with E-state index in [1.165, 1.54) is 38.4 Å². The van der Waals surface area contributed by atoms with Gasteiger partial charge >= 0.3 is 5.97 Å². The van der Waals surface area contributed by atoms with Crippen molar-refractivity contribution >= 4 is 11.9 Å². The highest BCUT2D eigenvalue weighted by atomic mass is 16.5. The van der Waals surface area contributed by atoms with E-state index in [4.69, 9.17) is 4.74 Å². The quantitative estimate of drug-likeness (QED) is 0.446. The zero-order valence-corrected chi connectivity index (χ0v) is 17.8. The summed E-state index contributed by atoms with van der Waals surface area (Å²) in [7, 11) is 1.33. The van der Waals surface area contributed by atoms with E-state index in [1.54, 1.807) is 10.9 Å². The van der Waals surface area contributed by atoms with Gasteiger partial charge in [-0.25, -0.2) is 9.48 Å². The Labute approximate surface area is 172 Å². The fraction of sp³-hybridized carbons (Fsp3) is 0.714. The second kappa shape index (κ2) is 10.0. The van der Waals surface area contributed by atoms with Crippen LogP contribution in [0.2, 0.25) is 0 Å². The number of rotatable bonds is 6. The van der Waals surface area contributed by atoms with E-state index in [0.717, 1.165) is 19.4 Å². The van der Waals surface area contributed by atoms with Gasteiger partial charge in [0.15, 0.2) is 5.69 Å². The van der Waals surface area contributed by atoms with Crippen LogP contribution in [0, 0.1) is 0 Å². The third-order valence-electron chi connectivity index (χ3n) is 5.90. The number of carbonyl (C=O) groups excluding carboxylic acids is 2. The van der Waals surface area contributed by atoms with Crippen molar-refractivity contribution < 1.29 is 14.3 Å². The summed E-state index contributed by atoms with van der Waals surface area (Å²) in [5.74, 6) is -0.395. The minimum absolute atomic E-state index is 0.00338. The molecule has 0 aromatic carbocycles. The largest absolute Gasteiger partial charge is 0.464 e. The standard InChI is InChI=1S/C21H33N5O3/c1-15(2)10-11-25-13-17(26-14-18(23-24-26)21(28)29-3)12-19(25)20(27)22-16-8-6-4-5-7-9-16/h10,14,16-17,19H,4-9,11-13H2,1-3H3,(H,22,27)/t17-,19-/m0/s1. The molecule has 1 amide bonds. The van der Waals surface area contributed by atoms with E-state index < -0.39 is 5.97 Å². The Bertz CT molecular complexity index is 732. The second-order valence-corrected chi connectivity index (χ2v) is 8.41. The maximum atomic E-state index is 13.1. The first-order valence-corrected chi connectivity index (χ1v) is 10.7. The Hall–Kier alpha value is -2.22. The predicted molar refractivity (Wildman–Crippen MR) is 109 cm³/mol. The molecule has 160 valence electrons. The summed E-state index contributed by atoms with van der Waals surface area (Å²) in [6.07, 6.45) is 11.5. The fourth-order valence-electron chi connectivity index (χ4n) is 4.22. The Kier molecular flexibility index (Phi) is 7.41. The number of carbonyl (C=O) groups is 2. The van der Waals surface area contributed by atoms with E-state index in [1.807, 2.05) is 0 Å². The number of allylic oxidation sites excluding steroid dienone is 1. The topological polar surface area (TPSA) is 89.4 Å². The highest BCUT2D eigenvalue weighted by Crippen LogP contribution is 2.28. The summed E-state index contributed by atoms with van der Waals surface area (Å²) in [4.78, 5) is 27.0. The molecular weight excluding hydrogens is 370 g/mol. The van der Waals surface area contributed by atoms with Gasteiger partial charge in [-0.2, -0.15) is 0 Å². The monoisotopic (exact) mass is 403 g/mol. The van der Waals surface area contributed by atoms with Gasteiger partial charge < -0.3 is 10.1 Å². The third kappa shape index (κ3) is 5.65. The van der Waals surface area contributed by atoms with Crippen molar-refractivity contribution in [2.75, 3.05) is 20.2 Å². The zero-order valence-electron chi connectivity index (χ0n) is 17.8. The van der Waals surface area contributed by atoms with E-state index in [-0.39, 0.29) is 29.7 Å². The number of hydrogen-bond acceptors (Lipinski definition) is 6. The normalized spacial score (nSPS) is 23.4. The van der Waals surface area contributed by atoms with Crippen LogP contribution >= 0.6 is 0 Å². The third-order valence-corrected chi connectivity index (χ3v) is 5.90. The first-order chi connectivity index (χ1) is 14.0. The Morgan fingerprint density at radius 2 is 1.97 bits per heavy atom. The second-order valence-electron chi connectivity index (χ2n) is 8.41. The zero-order chi connectivity index (χ0) is 20.8. The fourth-order valence-corrected chi connectivity index (χ4v) is 4.22. The molecule has 1 aliphatic heterocycles. The van der Waals surface area contributed by atoms with Gasteiger partial charge in [-0.1, -0.05) is 42.5 Å². The van der Waals surface area contributed by atoms with Gasteiger partial charge in [0, 0.05) is 19.1 Å². The molecule has 0 bridgehead atoms. The summed E-state index contributed by atoms with van der Waals surface area (Å²) in [5.41, 5.74) is 1.42. The van der Waals surface area contributed by atoms with Gasteiger partial charge in [0.25, 0.3) is 0 Å². The number of nitrogens with zero attached hydrogens (tertiary/aromatic N) is 4. The minimum Gasteiger partial charge on any atom is -0.464 e. The molecule has 8 nitrogen and oxygen atoms in total.